The summed E-state index contributed by atoms with van der Waals surface area (Å²) in [5.74, 6) is 0.867. The van der Waals surface area contributed by atoms with Gasteiger partial charge in [-0.05, 0) is 47.4 Å². The predicted molar refractivity (Wildman–Crippen MR) is 133 cm³/mol. The van der Waals surface area contributed by atoms with Crippen LogP contribution in [0, 0.1) is 11.3 Å². The lowest BCUT2D eigenvalue weighted by atomic mass is 9.94. The molecule has 0 saturated heterocycles. The lowest BCUT2D eigenvalue weighted by Gasteiger charge is -2.16. The molecular weight excluding hydrogens is 438 g/mol. The number of benzene rings is 2. The molecule has 1 aliphatic rings. The van der Waals surface area contributed by atoms with Gasteiger partial charge >= 0.3 is 0 Å². The molecule has 3 heterocycles. The van der Waals surface area contributed by atoms with Gasteiger partial charge in [-0.3, -0.25) is 14.5 Å². The van der Waals surface area contributed by atoms with E-state index in [-0.39, 0.29) is 5.91 Å². The molecule has 7 nitrogen and oxygen atoms in total. The second kappa shape index (κ2) is 9.43. The van der Waals surface area contributed by atoms with Crippen molar-refractivity contribution in [2.45, 2.75) is 32.9 Å². The zero-order valence-corrected chi connectivity index (χ0v) is 19.7. The molecule has 1 N–H and O–H groups in total. The normalized spacial score (nSPS) is 12.7. The van der Waals surface area contributed by atoms with Crippen LogP contribution in [-0.2, 0) is 13.2 Å². The summed E-state index contributed by atoms with van der Waals surface area (Å²) in [6, 6.07) is 19.7. The molecule has 35 heavy (non-hydrogen) atoms. The maximum absolute atomic E-state index is 12.8. The summed E-state index contributed by atoms with van der Waals surface area (Å²) in [7, 11) is 0. The molecular formula is C28H25N5O2. The lowest BCUT2D eigenvalue weighted by molar-refractivity contribution is 0.0925. The number of nitriles is 1. The Bertz CT molecular complexity index is 1420. The number of fused-ring (bicyclic) bond motifs is 1. The number of nitrogens with zero attached hydrogens (tertiary/aromatic N) is 4. The van der Waals surface area contributed by atoms with Crippen molar-refractivity contribution in [3.05, 3.63) is 89.4 Å². The summed E-state index contributed by atoms with van der Waals surface area (Å²) in [5.41, 5.74) is 5.98. The fourth-order valence-electron chi connectivity index (χ4n) is 4.27. The van der Waals surface area contributed by atoms with E-state index in [9.17, 15) is 10.1 Å². The minimum Gasteiger partial charge on any atom is -0.489 e. The largest absolute Gasteiger partial charge is 0.489 e. The van der Waals surface area contributed by atoms with Crippen LogP contribution in [0.4, 0.5) is 0 Å². The molecule has 174 valence electrons. The van der Waals surface area contributed by atoms with Gasteiger partial charge in [0.1, 0.15) is 23.7 Å². The minimum absolute atomic E-state index is 0.201. The van der Waals surface area contributed by atoms with Gasteiger partial charge in [0, 0.05) is 35.6 Å². The van der Waals surface area contributed by atoms with Gasteiger partial charge in [0.15, 0.2) is 0 Å². The zero-order chi connectivity index (χ0) is 24.4. The third kappa shape index (κ3) is 4.38. The first-order valence-corrected chi connectivity index (χ1v) is 11.6. The number of carbonyl (C=O) groups is 1. The summed E-state index contributed by atoms with van der Waals surface area (Å²) in [6.07, 6.45) is 3.38. The van der Waals surface area contributed by atoms with Crippen molar-refractivity contribution >= 4 is 5.91 Å². The first-order chi connectivity index (χ1) is 17.0. The molecule has 1 aliphatic heterocycles. The van der Waals surface area contributed by atoms with E-state index in [4.69, 9.17) is 9.84 Å². The van der Waals surface area contributed by atoms with Crippen LogP contribution in [0.3, 0.4) is 0 Å². The Morgan fingerprint density at radius 1 is 1.11 bits per heavy atom. The third-order valence-electron chi connectivity index (χ3n) is 6.16. The van der Waals surface area contributed by atoms with E-state index in [0.717, 1.165) is 11.1 Å². The molecule has 1 amide bonds. The van der Waals surface area contributed by atoms with E-state index >= 15 is 0 Å². The molecule has 0 radical (unpaired) electrons. The lowest BCUT2D eigenvalue weighted by Crippen LogP contribution is -2.35. The van der Waals surface area contributed by atoms with E-state index in [1.54, 1.807) is 23.1 Å². The van der Waals surface area contributed by atoms with Crippen molar-refractivity contribution in [1.82, 2.24) is 20.1 Å². The van der Waals surface area contributed by atoms with Crippen molar-refractivity contribution in [3.8, 4) is 34.2 Å². The van der Waals surface area contributed by atoms with Crippen LogP contribution in [0.5, 0.6) is 5.75 Å². The monoisotopic (exact) mass is 463 g/mol. The van der Waals surface area contributed by atoms with Gasteiger partial charge in [0.25, 0.3) is 5.91 Å². The molecule has 0 unspecified atom stereocenters. The first kappa shape index (κ1) is 22.4. The van der Waals surface area contributed by atoms with E-state index in [1.165, 1.54) is 5.56 Å². The summed E-state index contributed by atoms with van der Waals surface area (Å²) in [4.78, 5) is 16.9. The number of rotatable bonds is 6. The molecule has 7 heteroatoms. The second-order valence-electron chi connectivity index (χ2n) is 8.79. The van der Waals surface area contributed by atoms with Gasteiger partial charge < -0.3 is 10.1 Å². The molecule has 0 spiro atoms. The van der Waals surface area contributed by atoms with Crippen molar-refractivity contribution in [1.29, 1.82) is 5.26 Å². The number of hydrogen-bond acceptors (Lipinski definition) is 5. The number of amides is 1. The fourth-order valence-corrected chi connectivity index (χ4v) is 4.27. The average molecular weight is 464 g/mol. The second-order valence-corrected chi connectivity index (χ2v) is 8.79. The van der Waals surface area contributed by atoms with Crippen LogP contribution in [0.2, 0.25) is 0 Å². The van der Waals surface area contributed by atoms with Gasteiger partial charge in [-0.15, -0.1) is 0 Å². The summed E-state index contributed by atoms with van der Waals surface area (Å²) in [5, 5.41) is 17.6. The summed E-state index contributed by atoms with van der Waals surface area (Å²) >= 11 is 0. The quantitative estimate of drug-likeness (QED) is 0.438. The number of nitrogens with one attached hydrogen (secondary N) is 1. The van der Waals surface area contributed by atoms with Crippen LogP contribution in [-0.4, -0.2) is 27.2 Å². The van der Waals surface area contributed by atoms with E-state index < -0.39 is 0 Å². The Hall–Kier alpha value is -4.44. The van der Waals surface area contributed by atoms with Crippen molar-refractivity contribution in [3.63, 3.8) is 0 Å². The maximum atomic E-state index is 12.8. The highest BCUT2D eigenvalue weighted by atomic mass is 16.5. The van der Waals surface area contributed by atoms with Gasteiger partial charge in [-0.1, -0.05) is 38.1 Å². The highest BCUT2D eigenvalue weighted by molar-refractivity contribution is 6.04. The van der Waals surface area contributed by atoms with E-state index in [0.29, 0.717) is 59.4 Å². The molecule has 2 aromatic carbocycles. The molecule has 0 bridgehead atoms. The SMILES string of the molecule is CC(C)c1ccc(COc2ccc(-c3c(-c4ccncc4)nn4c3C(=O)NCC4)c(C#N)c2)cc1. The van der Waals surface area contributed by atoms with Crippen LogP contribution < -0.4 is 10.1 Å². The van der Waals surface area contributed by atoms with Gasteiger partial charge in [-0.2, -0.15) is 10.4 Å². The molecule has 5 rings (SSSR count). The molecule has 0 aliphatic carbocycles. The topological polar surface area (TPSA) is 92.8 Å². The molecule has 0 atom stereocenters. The van der Waals surface area contributed by atoms with Crippen LogP contribution >= 0.6 is 0 Å². The first-order valence-electron chi connectivity index (χ1n) is 11.6. The summed E-state index contributed by atoms with van der Waals surface area (Å²) in [6.45, 7) is 5.81. The Kier molecular flexibility index (Phi) is 6.02. The molecule has 4 aromatic rings. The standard InChI is InChI=1S/C28H25N5O2/c1-18(2)20-5-3-19(4-6-20)17-35-23-7-8-24(22(15-23)16-29)25-26(21-9-11-30-12-10-21)32-33-14-13-31-28(34)27(25)33/h3-12,15,18H,13-14,17H2,1-2H3,(H,31,34). The van der Waals surface area contributed by atoms with Crippen LogP contribution in [0.25, 0.3) is 22.4 Å². The number of ether oxygens (including phenoxy) is 1. The minimum atomic E-state index is -0.201. The highest BCUT2D eigenvalue weighted by Gasteiger charge is 2.29. The Labute approximate surface area is 204 Å². The number of hydrogen-bond donors (Lipinski definition) is 1. The maximum Gasteiger partial charge on any atom is 0.270 e. The van der Waals surface area contributed by atoms with Crippen molar-refractivity contribution in [2.24, 2.45) is 0 Å². The average Bonchev–Trinajstić information content (AvgIpc) is 3.29. The van der Waals surface area contributed by atoms with E-state index in [1.807, 2.05) is 24.3 Å². The summed E-state index contributed by atoms with van der Waals surface area (Å²) < 4.78 is 7.71. The van der Waals surface area contributed by atoms with Crippen LogP contribution in [0.1, 0.15) is 46.9 Å². The zero-order valence-electron chi connectivity index (χ0n) is 19.7. The van der Waals surface area contributed by atoms with Crippen molar-refractivity contribution in [2.75, 3.05) is 6.54 Å². The molecule has 0 fully saturated rings. The molecule has 2 aromatic heterocycles. The van der Waals surface area contributed by atoms with Gasteiger partial charge in [0.2, 0.25) is 0 Å². The Morgan fingerprint density at radius 3 is 2.60 bits per heavy atom. The smallest absolute Gasteiger partial charge is 0.270 e. The van der Waals surface area contributed by atoms with Gasteiger partial charge in [0.05, 0.1) is 18.2 Å². The number of aromatic nitrogens is 3. The molecule has 0 saturated carbocycles. The highest BCUT2D eigenvalue weighted by Crippen LogP contribution is 2.38. The third-order valence-corrected chi connectivity index (χ3v) is 6.16. The number of carbonyl (C=O) groups excluding carboxylic acids is 1. The van der Waals surface area contributed by atoms with Crippen molar-refractivity contribution < 1.29 is 9.53 Å². The van der Waals surface area contributed by atoms with E-state index in [2.05, 4.69) is 54.5 Å². The van der Waals surface area contributed by atoms with Gasteiger partial charge in [-0.25, -0.2) is 0 Å². The Balaban J connectivity index is 1.50. The number of pyridine rings is 1. The predicted octanol–water partition coefficient (Wildman–Crippen LogP) is 4.93. The van der Waals surface area contributed by atoms with Crippen LogP contribution in [0.15, 0.2) is 67.0 Å². The Morgan fingerprint density at radius 2 is 1.89 bits per heavy atom. The fraction of sp³-hybridized carbons (Fsp3) is 0.214.